The quantitative estimate of drug-likeness (QED) is 0.0846. The van der Waals surface area contributed by atoms with Crippen molar-refractivity contribution in [1.82, 2.24) is 26.2 Å². The molecular weight excluding hydrogens is 558 g/mol. The number of ether oxygens (including phenoxy) is 5. The second-order valence-electron chi connectivity index (χ2n) is 8.95. The third-order valence-corrected chi connectivity index (χ3v) is 5.52. The number of hydrogen-bond donors (Lipinski definition) is 4. The molecule has 0 saturated heterocycles. The summed E-state index contributed by atoms with van der Waals surface area (Å²) in [6, 6.07) is 0. The van der Waals surface area contributed by atoms with Gasteiger partial charge in [-0.25, -0.2) is 9.59 Å². The minimum Gasteiger partial charge on any atom is -0.447 e. The molecule has 1 rings (SSSR count). The highest BCUT2D eigenvalue weighted by Crippen LogP contribution is 2.04. The van der Waals surface area contributed by atoms with Crippen molar-refractivity contribution in [2.75, 3.05) is 80.0 Å². The Balaban J connectivity index is 2.27. The molecule has 238 valence electrons. The zero-order valence-electron chi connectivity index (χ0n) is 24.3. The fourth-order valence-electron chi connectivity index (χ4n) is 3.33. The van der Waals surface area contributed by atoms with Crippen molar-refractivity contribution in [1.29, 1.82) is 0 Å². The van der Waals surface area contributed by atoms with Crippen LogP contribution in [0.4, 0.5) is 9.59 Å². The molecule has 0 unspecified atom stereocenters. The summed E-state index contributed by atoms with van der Waals surface area (Å²) in [6.45, 7) is 1.87. The van der Waals surface area contributed by atoms with Crippen LogP contribution in [0, 0.1) is 0 Å². The Morgan fingerprint density at radius 2 is 1.19 bits per heavy atom. The van der Waals surface area contributed by atoms with E-state index in [1.807, 2.05) is 0 Å². The van der Waals surface area contributed by atoms with Crippen molar-refractivity contribution in [2.24, 2.45) is 0 Å². The SMILES string of the molecule is COCCCNC(=O)OCC(COC(=O)NCCCOC)OCCCC(=O)NCCNC(=O)CCN1C(=O)C=CC1=O. The van der Waals surface area contributed by atoms with E-state index in [1.165, 1.54) is 0 Å². The molecule has 4 N–H and O–H groups in total. The third kappa shape index (κ3) is 17.8. The molecule has 0 aromatic carbocycles. The molecule has 1 aliphatic heterocycles. The topological polar surface area (TPSA) is 200 Å². The molecule has 0 atom stereocenters. The van der Waals surface area contributed by atoms with Crippen LogP contribution in [0.25, 0.3) is 0 Å². The van der Waals surface area contributed by atoms with E-state index >= 15 is 0 Å². The summed E-state index contributed by atoms with van der Waals surface area (Å²) in [6.07, 6.45) is 1.93. The standard InChI is InChI=1S/C26H43N5O11/c1-38-15-4-10-29-25(36)41-18-20(19-42-26(37)30-11-5-16-39-2)40-17-3-6-21(32)27-12-13-28-22(33)9-14-31-23(34)7-8-24(31)35/h7-8,20H,3-6,9-19H2,1-2H3,(H,27,32)(H,28,33)(H,29,36)(H,30,37). The number of amides is 6. The lowest BCUT2D eigenvalue weighted by molar-refractivity contribution is -0.137. The first-order valence-electron chi connectivity index (χ1n) is 13.7. The molecule has 6 amide bonds. The van der Waals surface area contributed by atoms with Gasteiger partial charge >= 0.3 is 12.2 Å². The van der Waals surface area contributed by atoms with Crippen LogP contribution in [-0.2, 0) is 42.9 Å². The first-order chi connectivity index (χ1) is 20.3. The Morgan fingerprint density at radius 3 is 1.69 bits per heavy atom. The second kappa shape index (κ2) is 22.9. The Kier molecular flexibility index (Phi) is 19.8. The van der Waals surface area contributed by atoms with E-state index in [0.717, 1.165) is 17.1 Å². The maximum atomic E-state index is 12.1. The van der Waals surface area contributed by atoms with Crippen molar-refractivity contribution in [3.63, 3.8) is 0 Å². The maximum Gasteiger partial charge on any atom is 0.407 e. The summed E-state index contributed by atoms with van der Waals surface area (Å²) in [4.78, 5) is 71.7. The molecule has 0 radical (unpaired) electrons. The van der Waals surface area contributed by atoms with Crippen molar-refractivity contribution in [3.8, 4) is 0 Å². The van der Waals surface area contributed by atoms with E-state index in [0.29, 0.717) is 45.6 Å². The zero-order chi connectivity index (χ0) is 31.0. The summed E-state index contributed by atoms with van der Waals surface area (Å²) in [5.74, 6) is -1.52. The Bertz CT molecular complexity index is 854. The molecule has 0 aromatic heterocycles. The molecule has 0 bridgehead atoms. The second-order valence-corrected chi connectivity index (χ2v) is 8.95. The summed E-state index contributed by atoms with van der Waals surface area (Å²) in [7, 11) is 3.12. The Hall–Kier alpha value is -3.76. The molecule has 1 heterocycles. The van der Waals surface area contributed by atoms with Crippen LogP contribution < -0.4 is 21.3 Å². The van der Waals surface area contributed by atoms with Crippen LogP contribution in [0.5, 0.6) is 0 Å². The highest BCUT2D eigenvalue weighted by atomic mass is 16.6. The minimum atomic E-state index is -0.750. The van der Waals surface area contributed by atoms with Gasteiger partial charge in [-0.1, -0.05) is 0 Å². The number of alkyl carbamates (subject to hydrolysis) is 2. The first kappa shape index (κ1) is 36.3. The van der Waals surface area contributed by atoms with Gasteiger partial charge < -0.3 is 45.0 Å². The van der Waals surface area contributed by atoms with Gasteiger partial charge in [-0.15, -0.1) is 0 Å². The van der Waals surface area contributed by atoms with Gasteiger partial charge in [0.05, 0.1) is 0 Å². The number of carbonyl (C=O) groups is 6. The summed E-state index contributed by atoms with van der Waals surface area (Å²) in [5.41, 5.74) is 0. The van der Waals surface area contributed by atoms with Gasteiger partial charge in [0.15, 0.2) is 0 Å². The van der Waals surface area contributed by atoms with Crippen LogP contribution in [-0.4, -0.2) is 127 Å². The number of imide groups is 1. The molecule has 1 aliphatic rings. The van der Waals surface area contributed by atoms with Crippen molar-refractivity contribution in [2.45, 2.75) is 38.2 Å². The normalized spacial score (nSPS) is 12.4. The molecule has 0 aliphatic carbocycles. The van der Waals surface area contributed by atoms with E-state index in [9.17, 15) is 28.8 Å². The van der Waals surface area contributed by atoms with Crippen molar-refractivity contribution in [3.05, 3.63) is 12.2 Å². The van der Waals surface area contributed by atoms with Gasteiger partial charge in [-0.2, -0.15) is 0 Å². The number of nitrogens with one attached hydrogen (secondary N) is 4. The van der Waals surface area contributed by atoms with Crippen molar-refractivity contribution < 1.29 is 52.5 Å². The summed E-state index contributed by atoms with van der Waals surface area (Å²) < 4.78 is 25.8. The lowest BCUT2D eigenvalue weighted by Gasteiger charge is -2.18. The van der Waals surface area contributed by atoms with Gasteiger partial charge in [0.2, 0.25) is 11.8 Å². The van der Waals surface area contributed by atoms with Crippen LogP contribution >= 0.6 is 0 Å². The molecule has 0 saturated carbocycles. The zero-order valence-corrected chi connectivity index (χ0v) is 24.3. The van der Waals surface area contributed by atoms with Crippen molar-refractivity contribution >= 4 is 35.8 Å². The van der Waals surface area contributed by atoms with E-state index in [4.69, 9.17) is 23.7 Å². The lowest BCUT2D eigenvalue weighted by atomic mass is 10.3. The molecule has 16 heteroatoms. The van der Waals surface area contributed by atoms with Gasteiger partial charge in [0, 0.05) is 91.8 Å². The van der Waals surface area contributed by atoms with E-state index < -0.39 is 30.1 Å². The number of rotatable bonds is 23. The van der Waals surface area contributed by atoms with Crippen LogP contribution in [0.3, 0.4) is 0 Å². The van der Waals surface area contributed by atoms with Gasteiger partial charge in [0.25, 0.3) is 11.8 Å². The third-order valence-electron chi connectivity index (χ3n) is 5.52. The molecule has 0 fully saturated rings. The Morgan fingerprint density at radius 1 is 0.690 bits per heavy atom. The fraction of sp³-hybridized carbons (Fsp3) is 0.692. The van der Waals surface area contributed by atoms with Crippen LogP contribution in [0.1, 0.15) is 32.1 Å². The highest BCUT2D eigenvalue weighted by Gasteiger charge is 2.23. The van der Waals surface area contributed by atoms with Crippen LogP contribution in [0.2, 0.25) is 0 Å². The maximum absolute atomic E-state index is 12.1. The van der Waals surface area contributed by atoms with Gasteiger partial charge in [-0.05, 0) is 19.3 Å². The predicted octanol–water partition coefficient (Wildman–Crippen LogP) is -0.775. The highest BCUT2D eigenvalue weighted by molar-refractivity contribution is 6.13. The molecule has 0 spiro atoms. The summed E-state index contributed by atoms with van der Waals surface area (Å²) in [5, 5.41) is 10.4. The van der Waals surface area contributed by atoms with E-state index in [-0.39, 0.29) is 64.1 Å². The Labute approximate surface area is 245 Å². The van der Waals surface area contributed by atoms with E-state index in [2.05, 4.69) is 21.3 Å². The lowest BCUT2D eigenvalue weighted by Crippen LogP contribution is -2.37. The predicted molar refractivity (Wildman–Crippen MR) is 147 cm³/mol. The number of nitrogens with zero attached hydrogens (tertiary/aromatic N) is 1. The van der Waals surface area contributed by atoms with Gasteiger partial charge in [-0.3, -0.25) is 24.1 Å². The fourth-order valence-corrected chi connectivity index (χ4v) is 3.33. The monoisotopic (exact) mass is 601 g/mol. The number of hydrogen-bond acceptors (Lipinski definition) is 11. The molecule has 16 nitrogen and oxygen atoms in total. The number of methoxy groups -OCH3 is 2. The van der Waals surface area contributed by atoms with E-state index in [1.54, 1.807) is 14.2 Å². The molecule has 0 aromatic rings. The van der Waals surface area contributed by atoms with Crippen LogP contribution in [0.15, 0.2) is 12.2 Å². The number of carbonyl (C=O) groups excluding carboxylic acids is 6. The average molecular weight is 602 g/mol. The average Bonchev–Trinajstić information content (AvgIpc) is 3.29. The largest absolute Gasteiger partial charge is 0.447 e. The molecule has 42 heavy (non-hydrogen) atoms. The first-order valence-corrected chi connectivity index (χ1v) is 13.7. The smallest absolute Gasteiger partial charge is 0.407 e. The molecular formula is C26H43N5O11. The summed E-state index contributed by atoms with van der Waals surface area (Å²) >= 11 is 0. The van der Waals surface area contributed by atoms with Gasteiger partial charge in [0.1, 0.15) is 19.3 Å². The minimum absolute atomic E-state index is 0.0158.